The molecule has 6 nitrogen and oxygen atoms in total. The number of ether oxygens (including phenoxy) is 2. The van der Waals surface area contributed by atoms with Gasteiger partial charge in [0.15, 0.2) is 5.13 Å². The fraction of sp³-hybridized carbons (Fsp3) is 0.524. The predicted molar refractivity (Wildman–Crippen MR) is 116 cm³/mol. The van der Waals surface area contributed by atoms with Gasteiger partial charge in [0.05, 0.1) is 19.9 Å². The minimum atomic E-state index is 0.0954. The maximum Gasteiger partial charge on any atom is 0.228 e. The van der Waals surface area contributed by atoms with Crippen molar-refractivity contribution in [3.8, 4) is 22.8 Å². The van der Waals surface area contributed by atoms with Crippen molar-refractivity contribution >= 4 is 22.4 Å². The SMILES string of the molecule is CCC(=O)N(CCCN(CC)CC)c1nc(-c2cc(OC)ccc2OC)cs1. The van der Waals surface area contributed by atoms with Gasteiger partial charge >= 0.3 is 0 Å². The van der Waals surface area contributed by atoms with E-state index in [1.165, 1.54) is 11.3 Å². The van der Waals surface area contributed by atoms with E-state index in [9.17, 15) is 4.79 Å². The van der Waals surface area contributed by atoms with Crippen molar-refractivity contribution in [2.75, 3.05) is 45.3 Å². The largest absolute Gasteiger partial charge is 0.497 e. The second-order valence-electron chi connectivity index (χ2n) is 6.36. The van der Waals surface area contributed by atoms with Gasteiger partial charge in [0.2, 0.25) is 5.91 Å². The smallest absolute Gasteiger partial charge is 0.228 e. The Kier molecular flexibility index (Phi) is 8.73. The number of nitrogens with zero attached hydrogens (tertiary/aromatic N) is 3. The zero-order chi connectivity index (χ0) is 20.5. The Morgan fingerprint density at radius 3 is 2.46 bits per heavy atom. The number of amides is 1. The van der Waals surface area contributed by atoms with Crippen LogP contribution in [0.2, 0.25) is 0 Å². The quantitative estimate of drug-likeness (QED) is 0.558. The molecule has 154 valence electrons. The molecule has 0 bridgehead atoms. The van der Waals surface area contributed by atoms with Crippen molar-refractivity contribution in [3.05, 3.63) is 23.6 Å². The number of aromatic nitrogens is 1. The number of thiazole rings is 1. The molecule has 0 atom stereocenters. The molecule has 2 rings (SSSR count). The van der Waals surface area contributed by atoms with Crippen LogP contribution in [0.25, 0.3) is 11.3 Å². The molecule has 0 N–H and O–H groups in total. The van der Waals surface area contributed by atoms with Crippen LogP contribution in [0.5, 0.6) is 11.5 Å². The van der Waals surface area contributed by atoms with Gasteiger partial charge in [0.1, 0.15) is 11.5 Å². The molecule has 0 aliphatic carbocycles. The topological polar surface area (TPSA) is 54.9 Å². The van der Waals surface area contributed by atoms with E-state index in [0.29, 0.717) is 13.0 Å². The Morgan fingerprint density at radius 1 is 1.11 bits per heavy atom. The average molecular weight is 406 g/mol. The van der Waals surface area contributed by atoms with Crippen LogP contribution in [0, 0.1) is 0 Å². The van der Waals surface area contributed by atoms with E-state index in [1.807, 2.05) is 35.4 Å². The number of benzene rings is 1. The third kappa shape index (κ3) is 5.45. The van der Waals surface area contributed by atoms with Crippen molar-refractivity contribution in [2.24, 2.45) is 0 Å². The summed E-state index contributed by atoms with van der Waals surface area (Å²) in [5.41, 5.74) is 1.64. The molecule has 0 fully saturated rings. The van der Waals surface area contributed by atoms with Crippen molar-refractivity contribution in [2.45, 2.75) is 33.6 Å². The first-order valence-electron chi connectivity index (χ1n) is 9.78. The van der Waals surface area contributed by atoms with E-state index in [4.69, 9.17) is 14.5 Å². The number of carbonyl (C=O) groups excluding carboxylic acids is 1. The second kappa shape index (κ2) is 11.0. The van der Waals surface area contributed by atoms with Gasteiger partial charge in [-0.2, -0.15) is 0 Å². The van der Waals surface area contributed by atoms with E-state index >= 15 is 0 Å². The molecule has 1 amide bonds. The molecule has 28 heavy (non-hydrogen) atoms. The van der Waals surface area contributed by atoms with E-state index in [2.05, 4.69) is 18.7 Å². The maximum absolute atomic E-state index is 12.5. The highest BCUT2D eigenvalue weighted by atomic mass is 32.1. The number of carbonyl (C=O) groups is 1. The molecule has 0 unspecified atom stereocenters. The standard InChI is InChI=1S/C21H31N3O3S/c1-6-20(25)24(13-9-12-23(7-2)8-3)21-22-18(15-28-21)17-14-16(26-4)10-11-19(17)27-5/h10-11,14-15H,6-9,12-13H2,1-5H3. The van der Waals surface area contributed by atoms with Crippen LogP contribution in [0.3, 0.4) is 0 Å². The summed E-state index contributed by atoms with van der Waals surface area (Å²) in [5.74, 6) is 1.57. The number of rotatable bonds is 11. The molecule has 1 heterocycles. The molecule has 0 saturated heterocycles. The Morgan fingerprint density at radius 2 is 1.86 bits per heavy atom. The van der Waals surface area contributed by atoms with Gasteiger partial charge in [0, 0.05) is 23.9 Å². The van der Waals surface area contributed by atoms with Gasteiger partial charge in [0.25, 0.3) is 0 Å². The molecule has 0 aliphatic rings. The van der Waals surface area contributed by atoms with Crippen LogP contribution in [0.4, 0.5) is 5.13 Å². The first-order chi connectivity index (χ1) is 13.6. The molecule has 0 spiro atoms. The summed E-state index contributed by atoms with van der Waals surface area (Å²) in [4.78, 5) is 21.5. The number of hydrogen-bond acceptors (Lipinski definition) is 6. The lowest BCUT2D eigenvalue weighted by Gasteiger charge is -2.22. The third-order valence-electron chi connectivity index (χ3n) is 4.76. The van der Waals surface area contributed by atoms with Crippen molar-refractivity contribution in [1.29, 1.82) is 0 Å². The van der Waals surface area contributed by atoms with Crippen LogP contribution in [-0.2, 0) is 4.79 Å². The molecule has 0 saturated carbocycles. The van der Waals surface area contributed by atoms with Gasteiger partial charge in [-0.1, -0.05) is 20.8 Å². The monoisotopic (exact) mass is 405 g/mol. The van der Waals surface area contributed by atoms with Crippen LogP contribution >= 0.6 is 11.3 Å². The summed E-state index contributed by atoms with van der Waals surface area (Å²) in [6.07, 6.45) is 1.38. The molecule has 1 aromatic carbocycles. The lowest BCUT2D eigenvalue weighted by Crippen LogP contribution is -2.34. The van der Waals surface area contributed by atoms with E-state index in [1.54, 1.807) is 14.2 Å². The highest BCUT2D eigenvalue weighted by Gasteiger charge is 2.19. The van der Waals surface area contributed by atoms with E-state index in [-0.39, 0.29) is 5.91 Å². The average Bonchev–Trinajstić information content (AvgIpc) is 3.22. The molecular weight excluding hydrogens is 374 g/mol. The summed E-state index contributed by atoms with van der Waals surface area (Å²) < 4.78 is 10.8. The molecular formula is C21H31N3O3S. The minimum Gasteiger partial charge on any atom is -0.497 e. The van der Waals surface area contributed by atoms with Gasteiger partial charge in [-0.05, 0) is 44.3 Å². The van der Waals surface area contributed by atoms with Crippen LogP contribution < -0.4 is 14.4 Å². The maximum atomic E-state index is 12.5. The Labute approximate surface area is 172 Å². The Balaban J connectivity index is 2.23. The first-order valence-corrected chi connectivity index (χ1v) is 10.7. The molecule has 2 aromatic rings. The zero-order valence-corrected chi connectivity index (χ0v) is 18.3. The van der Waals surface area contributed by atoms with E-state index < -0.39 is 0 Å². The highest BCUT2D eigenvalue weighted by molar-refractivity contribution is 7.14. The third-order valence-corrected chi connectivity index (χ3v) is 5.62. The summed E-state index contributed by atoms with van der Waals surface area (Å²) in [6.45, 7) is 9.90. The molecule has 0 aliphatic heterocycles. The molecule has 1 aromatic heterocycles. The summed E-state index contributed by atoms with van der Waals surface area (Å²) in [7, 11) is 3.27. The first kappa shape index (κ1) is 22.2. The van der Waals surface area contributed by atoms with Crippen molar-refractivity contribution in [3.63, 3.8) is 0 Å². The Hall–Kier alpha value is -2.12. The number of anilines is 1. The van der Waals surface area contributed by atoms with Crippen molar-refractivity contribution in [1.82, 2.24) is 9.88 Å². The highest BCUT2D eigenvalue weighted by Crippen LogP contribution is 2.36. The molecule has 7 heteroatoms. The van der Waals surface area contributed by atoms with Crippen LogP contribution in [0.1, 0.15) is 33.6 Å². The zero-order valence-electron chi connectivity index (χ0n) is 17.5. The fourth-order valence-electron chi connectivity index (χ4n) is 3.04. The van der Waals surface area contributed by atoms with E-state index in [0.717, 1.165) is 53.9 Å². The van der Waals surface area contributed by atoms with Gasteiger partial charge in [-0.3, -0.25) is 9.69 Å². The van der Waals surface area contributed by atoms with Gasteiger partial charge < -0.3 is 14.4 Å². The molecule has 0 radical (unpaired) electrons. The number of hydrogen-bond donors (Lipinski definition) is 0. The lowest BCUT2D eigenvalue weighted by molar-refractivity contribution is -0.118. The van der Waals surface area contributed by atoms with Crippen LogP contribution in [0.15, 0.2) is 23.6 Å². The lowest BCUT2D eigenvalue weighted by atomic mass is 10.1. The summed E-state index contributed by atoms with van der Waals surface area (Å²) >= 11 is 1.48. The van der Waals surface area contributed by atoms with Gasteiger partial charge in [-0.25, -0.2) is 4.98 Å². The van der Waals surface area contributed by atoms with Gasteiger partial charge in [-0.15, -0.1) is 11.3 Å². The minimum absolute atomic E-state index is 0.0954. The Bertz CT molecular complexity index is 759. The second-order valence-corrected chi connectivity index (χ2v) is 7.20. The summed E-state index contributed by atoms with van der Waals surface area (Å²) in [5, 5.41) is 2.69. The summed E-state index contributed by atoms with van der Waals surface area (Å²) in [6, 6.07) is 5.63. The van der Waals surface area contributed by atoms with Crippen LogP contribution in [-0.4, -0.2) is 56.2 Å². The fourth-order valence-corrected chi connectivity index (χ4v) is 3.90. The van der Waals surface area contributed by atoms with Crippen molar-refractivity contribution < 1.29 is 14.3 Å². The predicted octanol–water partition coefficient (Wildman–Crippen LogP) is 4.30. The normalized spacial score (nSPS) is 10.9. The number of methoxy groups -OCH3 is 2.